The minimum atomic E-state index is -1.19. The first kappa shape index (κ1) is 18.4. The molecule has 3 aliphatic carbocycles. The summed E-state index contributed by atoms with van der Waals surface area (Å²) in [4.78, 5) is 0. The summed E-state index contributed by atoms with van der Waals surface area (Å²) in [5, 5.41) is 0. The molecular weight excluding hydrogens is 302 g/mol. The molecule has 3 saturated carbocycles. The molecule has 3 aliphatic rings. The van der Waals surface area contributed by atoms with Crippen LogP contribution in [0.25, 0.3) is 0 Å². The summed E-state index contributed by atoms with van der Waals surface area (Å²) in [7, 11) is 0. The molecule has 0 nitrogen and oxygen atoms in total. The van der Waals surface area contributed by atoms with Crippen molar-refractivity contribution in [3.8, 4) is 0 Å². The molecule has 0 bridgehead atoms. The van der Waals surface area contributed by atoms with Gasteiger partial charge in [0.1, 0.15) is 12.3 Å². The molecule has 0 radical (unpaired) electrons. The van der Waals surface area contributed by atoms with E-state index in [0.29, 0.717) is 24.7 Å². The number of rotatable bonds is 4. The van der Waals surface area contributed by atoms with Crippen molar-refractivity contribution in [2.24, 2.45) is 29.6 Å². The maximum atomic E-state index is 13.7. The standard InChI is InChI=1S/C22H36F2/c1-2-3-4-16-5-7-17(8-6-16)18-9-11-19(12-10-18)20-13-14-21(23)22(24)15-20/h2-3,16-22H,4-15H2,1H3/b3-2+. The molecule has 2 heteroatoms. The van der Waals surface area contributed by atoms with Crippen LogP contribution >= 0.6 is 0 Å². The van der Waals surface area contributed by atoms with Gasteiger partial charge in [0.15, 0.2) is 0 Å². The Kier molecular flexibility index (Phi) is 6.75. The van der Waals surface area contributed by atoms with Gasteiger partial charge in [0, 0.05) is 0 Å². The molecule has 3 unspecified atom stereocenters. The van der Waals surface area contributed by atoms with Crippen LogP contribution in [-0.2, 0) is 0 Å². The molecule has 0 saturated heterocycles. The monoisotopic (exact) mass is 338 g/mol. The summed E-state index contributed by atoms with van der Waals surface area (Å²) < 4.78 is 27.0. The number of hydrogen-bond donors (Lipinski definition) is 0. The van der Waals surface area contributed by atoms with Crippen LogP contribution < -0.4 is 0 Å². The SMILES string of the molecule is C/C=C/CC1CCC(C2CCC(C3CCC(F)C(F)C3)CC2)CC1. The van der Waals surface area contributed by atoms with E-state index < -0.39 is 12.3 Å². The Morgan fingerprint density at radius 2 is 1.17 bits per heavy atom. The molecule has 24 heavy (non-hydrogen) atoms. The molecule has 0 aliphatic heterocycles. The fraction of sp³-hybridized carbons (Fsp3) is 0.909. The maximum absolute atomic E-state index is 13.7. The lowest BCUT2D eigenvalue weighted by molar-refractivity contribution is 0.0474. The van der Waals surface area contributed by atoms with E-state index in [0.717, 1.165) is 24.2 Å². The third-order valence-corrected chi connectivity index (χ3v) is 7.48. The van der Waals surface area contributed by atoms with Gasteiger partial charge in [0.05, 0.1) is 0 Å². The minimum absolute atomic E-state index is 0.460. The van der Waals surface area contributed by atoms with Gasteiger partial charge in [-0.05, 0) is 114 Å². The number of alkyl halides is 2. The van der Waals surface area contributed by atoms with Gasteiger partial charge in [-0.15, -0.1) is 0 Å². The van der Waals surface area contributed by atoms with E-state index in [1.54, 1.807) is 0 Å². The summed E-state index contributed by atoms with van der Waals surface area (Å²) in [5.41, 5.74) is 0. The van der Waals surface area contributed by atoms with Crippen molar-refractivity contribution in [1.29, 1.82) is 0 Å². The van der Waals surface area contributed by atoms with Gasteiger partial charge >= 0.3 is 0 Å². The van der Waals surface area contributed by atoms with Gasteiger partial charge < -0.3 is 0 Å². The van der Waals surface area contributed by atoms with E-state index in [-0.39, 0.29) is 0 Å². The Hall–Kier alpha value is -0.400. The highest BCUT2D eigenvalue weighted by Gasteiger charge is 2.37. The first-order valence-corrected chi connectivity index (χ1v) is 10.6. The van der Waals surface area contributed by atoms with Crippen molar-refractivity contribution in [3.05, 3.63) is 12.2 Å². The smallest absolute Gasteiger partial charge is 0.131 e. The van der Waals surface area contributed by atoms with Crippen LogP contribution in [-0.4, -0.2) is 12.3 Å². The summed E-state index contributed by atoms with van der Waals surface area (Å²) in [5.74, 6) is 3.93. The van der Waals surface area contributed by atoms with Crippen LogP contribution in [0.3, 0.4) is 0 Å². The first-order chi connectivity index (χ1) is 11.7. The molecule has 0 spiro atoms. The summed E-state index contributed by atoms with van der Waals surface area (Å²) in [6, 6.07) is 0. The number of allylic oxidation sites excluding steroid dienone is 2. The van der Waals surface area contributed by atoms with Crippen molar-refractivity contribution in [3.63, 3.8) is 0 Å². The van der Waals surface area contributed by atoms with Crippen LogP contribution in [0, 0.1) is 29.6 Å². The molecule has 3 fully saturated rings. The van der Waals surface area contributed by atoms with Crippen molar-refractivity contribution >= 4 is 0 Å². The van der Waals surface area contributed by atoms with Gasteiger partial charge in [-0.1, -0.05) is 12.2 Å². The molecule has 0 aromatic carbocycles. The lowest BCUT2D eigenvalue weighted by Crippen LogP contribution is -2.34. The van der Waals surface area contributed by atoms with E-state index in [1.165, 1.54) is 57.8 Å². The quantitative estimate of drug-likeness (QED) is 0.482. The molecule has 3 rings (SSSR count). The van der Waals surface area contributed by atoms with Gasteiger partial charge in [0.25, 0.3) is 0 Å². The van der Waals surface area contributed by atoms with E-state index in [4.69, 9.17) is 0 Å². The predicted molar refractivity (Wildman–Crippen MR) is 97.5 cm³/mol. The largest absolute Gasteiger partial charge is 0.244 e. The van der Waals surface area contributed by atoms with Crippen molar-refractivity contribution in [1.82, 2.24) is 0 Å². The highest BCUT2D eigenvalue weighted by atomic mass is 19.2. The number of hydrogen-bond acceptors (Lipinski definition) is 0. The zero-order valence-corrected chi connectivity index (χ0v) is 15.4. The highest BCUT2D eigenvalue weighted by molar-refractivity contribution is 4.89. The van der Waals surface area contributed by atoms with Gasteiger partial charge in [-0.2, -0.15) is 0 Å². The summed E-state index contributed by atoms with van der Waals surface area (Å²) in [6.45, 7) is 2.12. The molecule has 0 N–H and O–H groups in total. The van der Waals surface area contributed by atoms with Crippen molar-refractivity contribution < 1.29 is 8.78 Å². The number of halogens is 2. The van der Waals surface area contributed by atoms with Gasteiger partial charge in [-0.3, -0.25) is 0 Å². The zero-order valence-electron chi connectivity index (χ0n) is 15.4. The van der Waals surface area contributed by atoms with Crippen molar-refractivity contribution in [2.75, 3.05) is 0 Å². The Balaban J connectivity index is 1.40. The van der Waals surface area contributed by atoms with Crippen LogP contribution in [0.5, 0.6) is 0 Å². The van der Waals surface area contributed by atoms with Crippen LogP contribution in [0.4, 0.5) is 8.78 Å². The second-order valence-electron chi connectivity index (χ2n) is 8.87. The Morgan fingerprint density at radius 3 is 1.71 bits per heavy atom. The molecule has 0 aromatic rings. The summed E-state index contributed by atoms with van der Waals surface area (Å²) >= 11 is 0. The fourth-order valence-corrected chi connectivity index (χ4v) is 5.85. The molecule has 138 valence electrons. The fourth-order valence-electron chi connectivity index (χ4n) is 5.85. The summed E-state index contributed by atoms with van der Waals surface area (Å²) in [6.07, 6.45) is 16.2. The van der Waals surface area contributed by atoms with E-state index >= 15 is 0 Å². The van der Waals surface area contributed by atoms with E-state index in [1.807, 2.05) is 0 Å². The lowest BCUT2D eigenvalue weighted by Gasteiger charge is -2.41. The third kappa shape index (κ3) is 4.61. The average molecular weight is 339 g/mol. The van der Waals surface area contributed by atoms with Crippen LogP contribution in [0.2, 0.25) is 0 Å². The molecule has 0 heterocycles. The minimum Gasteiger partial charge on any atom is -0.244 e. The lowest BCUT2D eigenvalue weighted by atomic mass is 9.65. The normalized spacial score (nSPS) is 44.7. The zero-order chi connectivity index (χ0) is 16.9. The predicted octanol–water partition coefficient (Wildman–Crippen LogP) is 7.04. The van der Waals surface area contributed by atoms with Crippen LogP contribution in [0.1, 0.15) is 84.0 Å². The van der Waals surface area contributed by atoms with Gasteiger partial charge in [-0.25, -0.2) is 8.78 Å². The second-order valence-corrected chi connectivity index (χ2v) is 8.87. The molecule has 0 aromatic heterocycles. The molecular formula is C22H36F2. The molecule has 3 atom stereocenters. The average Bonchev–Trinajstić information content (AvgIpc) is 2.63. The molecule has 0 amide bonds. The Bertz CT molecular complexity index is 389. The Labute approximate surface area is 147 Å². The van der Waals surface area contributed by atoms with E-state index in [2.05, 4.69) is 19.1 Å². The topological polar surface area (TPSA) is 0 Å². The highest BCUT2D eigenvalue weighted by Crippen LogP contribution is 2.46. The second kappa shape index (κ2) is 8.81. The van der Waals surface area contributed by atoms with E-state index in [9.17, 15) is 8.78 Å². The van der Waals surface area contributed by atoms with Crippen molar-refractivity contribution in [2.45, 2.75) is 96.3 Å². The maximum Gasteiger partial charge on any atom is 0.131 e. The third-order valence-electron chi connectivity index (χ3n) is 7.48. The first-order valence-electron chi connectivity index (χ1n) is 10.6. The Morgan fingerprint density at radius 1 is 0.667 bits per heavy atom. The van der Waals surface area contributed by atoms with Crippen LogP contribution in [0.15, 0.2) is 12.2 Å². The van der Waals surface area contributed by atoms with Gasteiger partial charge in [0.2, 0.25) is 0 Å².